The summed E-state index contributed by atoms with van der Waals surface area (Å²) in [6.07, 6.45) is 4.30. The molecule has 84 valence electrons. The smallest absolute Gasteiger partial charge is 0.185 e. The summed E-state index contributed by atoms with van der Waals surface area (Å²) in [5.74, 6) is 0.164. The molecule has 1 saturated heterocycles. The van der Waals surface area contributed by atoms with E-state index in [1.165, 1.54) is 38.9 Å². The van der Waals surface area contributed by atoms with Gasteiger partial charge in [-0.3, -0.25) is 4.99 Å². The van der Waals surface area contributed by atoms with Gasteiger partial charge in [-0.25, -0.2) is 0 Å². The fraction of sp³-hybridized carbons (Fsp3) is 0.900. The van der Waals surface area contributed by atoms with Gasteiger partial charge in [0, 0.05) is 6.54 Å². The Morgan fingerprint density at radius 3 is 1.93 bits per heavy atom. The van der Waals surface area contributed by atoms with E-state index in [4.69, 9.17) is 11.5 Å². The molecule has 0 aliphatic carbocycles. The normalized spacial score (nSPS) is 16.7. The molecule has 0 amide bonds. The number of guanidine groups is 1. The van der Waals surface area contributed by atoms with Gasteiger partial charge in [0.1, 0.15) is 0 Å². The first kappa shape index (κ1) is 13.2. The summed E-state index contributed by atoms with van der Waals surface area (Å²) in [5.41, 5.74) is 9.86. The molecular formula is C10H24N4. The van der Waals surface area contributed by atoms with Crippen LogP contribution in [0.5, 0.6) is 0 Å². The largest absolute Gasteiger partial charge is 0.370 e. The molecule has 0 bridgehead atoms. The van der Waals surface area contributed by atoms with E-state index in [-0.39, 0.29) is 5.96 Å². The topological polar surface area (TPSA) is 67.6 Å². The maximum absolute atomic E-state index is 4.93. The highest BCUT2D eigenvalue weighted by molar-refractivity contribution is 5.75. The standard InChI is InChI=1S/C7H15N.C3H9N3/c1-2-8-6-4-3-5-7-8;1-2-6-3(4)5/h2-7H2,1H3;2H2,1H3,(H4,4,5,6). The molecule has 0 radical (unpaired) electrons. The molecule has 0 atom stereocenters. The van der Waals surface area contributed by atoms with Crippen LogP contribution in [0.2, 0.25) is 0 Å². The van der Waals surface area contributed by atoms with Crippen molar-refractivity contribution in [1.82, 2.24) is 4.90 Å². The highest BCUT2D eigenvalue weighted by Crippen LogP contribution is 2.06. The number of likely N-dealkylation sites (tertiary alicyclic amines) is 1. The third-order valence-electron chi connectivity index (χ3n) is 2.24. The summed E-state index contributed by atoms with van der Waals surface area (Å²) in [4.78, 5) is 6.11. The van der Waals surface area contributed by atoms with Crippen molar-refractivity contribution in [3.63, 3.8) is 0 Å². The van der Waals surface area contributed by atoms with Crippen LogP contribution < -0.4 is 11.5 Å². The predicted molar refractivity (Wildman–Crippen MR) is 62.3 cm³/mol. The number of aliphatic imine (C=N–C) groups is 1. The zero-order valence-corrected chi connectivity index (χ0v) is 9.50. The molecule has 0 aromatic rings. The van der Waals surface area contributed by atoms with E-state index in [0.717, 1.165) is 0 Å². The number of rotatable bonds is 2. The van der Waals surface area contributed by atoms with Gasteiger partial charge in [-0.15, -0.1) is 0 Å². The van der Waals surface area contributed by atoms with Gasteiger partial charge < -0.3 is 16.4 Å². The molecule has 0 spiro atoms. The summed E-state index contributed by atoms with van der Waals surface area (Å²) in [6.45, 7) is 8.72. The van der Waals surface area contributed by atoms with Crippen molar-refractivity contribution in [1.29, 1.82) is 0 Å². The molecule has 0 aromatic heterocycles. The molecule has 0 saturated carbocycles. The Kier molecular flexibility index (Phi) is 8.33. The summed E-state index contributed by atoms with van der Waals surface area (Å²) in [7, 11) is 0. The predicted octanol–water partition coefficient (Wildman–Crippen LogP) is 0.772. The molecule has 1 fully saturated rings. The van der Waals surface area contributed by atoms with Gasteiger partial charge in [0.25, 0.3) is 0 Å². The molecule has 1 aliphatic rings. The second-order valence-electron chi connectivity index (χ2n) is 3.39. The number of nitrogens with zero attached hydrogens (tertiary/aromatic N) is 2. The zero-order chi connectivity index (χ0) is 10.8. The van der Waals surface area contributed by atoms with Gasteiger partial charge in [0.15, 0.2) is 5.96 Å². The van der Waals surface area contributed by atoms with Crippen molar-refractivity contribution < 1.29 is 0 Å². The van der Waals surface area contributed by atoms with Gasteiger partial charge >= 0.3 is 0 Å². The monoisotopic (exact) mass is 200 g/mol. The minimum atomic E-state index is 0.164. The van der Waals surface area contributed by atoms with Crippen LogP contribution in [-0.4, -0.2) is 37.0 Å². The van der Waals surface area contributed by atoms with Crippen LogP contribution in [-0.2, 0) is 0 Å². The molecule has 0 aromatic carbocycles. The Labute approximate surface area is 87.4 Å². The maximum atomic E-state index is 4.93. The van der Waals surface area contributed by atoms with Gasteiger partial charge in [0.05, 0.1) is 0 Å². The van der Waals surface area contributed by atoms with Crippen LogP contribution in [0.4, 0.5) is 0 Å². The van der Waals surface area contributed by atoms with Crippen molar-refractivity contribution in [2.24, 2.45) is 16.5 Å². The van der Waals surface area contributed by atoms with E-state index < -0.39 is 0 Å². The number of nitrogens with two attached hydrogens (primary N) is 2. The first-order valence-electron chi connectivity index (χ1n) is 5.48. The van der Waals surface area contributed by atoms with E-state index >= 15 is 0 Å². The fourth-order valence-electron chi connectivity index (χ4n) is 1.46. The first-order chi connectivity index (χ1) is 6.70. The van der Waals surface area contributed by atoms with Crippen LogP contribution in [0.15, 0.2) is 4.99 Å². The summed E-state index contributed by atoms with van der Waals surface area (Å²) in [5, 5.41) is 0. The van der Waals surface area contributed by atoms with Crippen LogP contribution in [0.3, 0.4) is 0 Å². The van der Waals surface area contributed by atoms with Gasteiger partial charge in [-0.2, -0.15) is 0 Å². The number of piperidine rings is 1. The lowest BCUT2D eigenvalue weighted by Gasteiger charge is -2.24. The fourth-order valence-corrected chi connectivity index (χ4v) is 1.46. The molecule has 4 N–H and O–H groups in total. The van der Waals surface area contributed by atoms with Crippen molar-refractivity contribution in [2.45, 2.75) is 33.1 Å². The van der Waals surface area contributed by atoms with Crippen LogP contribution in [0.25, 0.3) is 0 Å². The quantitative estimate of drug-likeness (QED) is 0.511. The summed E-state index contributed by atoms with van der Waals surface area (Å²) < 4.78 is 0. The lowest BCUT2D eigenvalue weighted by atomic mass is 10.1. The molecule has 4 heteroatoms. The lowest BCUT2D eigenvalue weighted by Crippen LogP contribution is -2.29. The minimum Gasteiger partial charge on any atom is -0.370 e. The second-order valence-corrected chi connectivity index (χ2v) is 3.39. The Morgan fingerprint density at radius 1 is 1.14 bits per heavy atom. The Hall–Kier alpha value is -0.770. The van der Waals surface area contributed by atoms with Gasteiger partial charge in [-0.1, -0.05) is 13.3 Å². The average molecular weight is 200 g/mol. The number of hydrogen-bond donors (Lipinski definition) is 2. The van der Waals surface area contributed by atoms with Crippen molar-refractivity contribution >= 4 is 5.96 Å². The van der Waals surface area contributed by atoms with Crippen LogP contribution >= 0.6 is 0 Å². The van der Waals surface area contributed by atoms with E-state index in [0.29, 0.717) is 6.54 Å². The SMILES string of the molecule is CCN1CCCCC1.CCN=C(N)N. The Morgan fingerprint density at radius 2 is 1.71 bits per heavy atom. The highest BCUT2D eigenvalue weighted by Gasteiger charge is 2.05. The molecule has 1 heterocycles. The highest BCUT2D eigenvalue weighted by atomic mass is 15.1. The first-order valence-corrected chi connectivity index (χ1v) is 5.48. The van der Waals surface area contributed by atoms with E-state index in [9.17, 15) is 0 Å². The molecule has 1 rings (SSSR count). The van der Waals surface area contributed by atoms with Crippen molar-refractivity contribution in [3.8, 4) is 0 Å². The van der Waals surface area contributed by atoms with Crippen LogP contribution in [0.1, 0.15) is 33.1 Å². The third kappa shape index (κ3) is 7.86. The molecule has 14 heavy (non-hydrogen) atoms. The summed E-state index contributed by atoms with van der Waals surface area (Å²) >= 11 is 0. The molecule has 0 unspecified atom stereocenters. The Bertz CT molecular complexity index is 146. The van der Waals surface area contributed by atoms with Crippen LogP contribution in [0, 0.1) is 0 Å². The molecule has 1 aliphatic heterocycles. The maximum Gasteiger partial charge on any atom is 0.185 e. The number of hydrogen-bond acceptors (Lipinski definition) is 2. The summed E-state index contributed by atoms with van der Waals surface area (Å²) in [6, 6.07) is 0. The third-order valence-corrected chi connectivity index (χ3v) is 2.24. The molecular weight excluding hydrogens is 176 g/mol. The molecule has 4 nitrogen and oxygen atoms in total. The zero-order valence-electron chi connectivity index (χ0n) is 9.50. The minimum absolute atomic E-state index is 0.164. The van der Waals surface area contributed by atoms with Gasteiger partial charge in [0.2, 0.25) is 0 Å². The van der Waals surface area contributed by atoms with E-state index in [1.54, 1.807) is 0 Å². The van der Waals surface area contributed by atoms with Crippen molar-refractivity contribution in [3.05, 3.63) is 0 Å². The Balaban J connectivity index is 0.000000255. The van der Waals surface area contributed by atoms with Gasteiger partial charge in [-0.05, 0) is 39.4 Å². The van der Waals surface area contributed by atoms with E-state index in [1.807, 2.05) is 6.92 Å². The lowest BCUT2D eigenvalue weighted by molar-refractivity contribution is 0.240. The van der Waals surface area contributed by atoms with Crippen molar-refractivity contribution in [2.75, 3.05) is 26.2 Å². The second kappa shape index (κ2) is 8.81. The van der Waals surface area contributed by atoms with E-state index in [2.05, 4.69) is 16.8 Å². The average Bonchev–Trinajstić information content (AvgIpc) is 2.20.